The van der Waals surface area contributed by atoms with Crippen LogP contribution < -0.4 is 11.1 Å². The summed E-state index contributed by atoms with van der Waals surface area (Å²) in [7, 11) is 1.31. The molecule has 0 saturated carbocycles. The van der Waals surface area contributed by atoms with Gasteiger partial charge in [-0.25, -0.2) is 0 Å². The van der Waals surface area contributed by atoms with E-state index in [2.05, 4.69) is 10.1 Å². The maximum Gasteiger partial charge on any atom is 0.322 e. The molecule has 120 valence electrons. The lowest BCUT2D eigenvalue weighted by atomic mass is 10.1. The molecule has 0 aliphatic rings. The molecule has 5 nitrogen and oxygen atoms in total. The Kier molecular flexibility index (Phi) is 5.49. The van der Waals surface area contributed by atoms with Gasteiger partial charge in [-0.3, -0.25) is 9.59 Å². The Morgan fingerprint density at radius 2 is 1.87 bits per heavy atom. The van der Waals surface area contributed by atoms with Crippen LogP contribution in [0.2, 0.25) is 0 Å². The molecule has 2 aromatic carbocycles. The predicted molar refractivity (Wildman–Crippen MR) is 89.3 cm³/mol. The Balaban J connectivity index is 2.00. The van der Waals surface area contributed by atoms with E-state index in [1.54, 1.807) is 18.2 Å². The lowest BCUT2D eigenvalue weighted by Crippen LogP contribution is -2.33. The van der Waals surface area contributed by atoms with Crippen LogP contribution in [0.4, 0.5) is 5.69 Å². The smallest absolute Gasteiger partial charge is 0.322 e. The van der Waals surface area contributed by atoms with Crippen molar-refractivity contribution in [2.75, 3.05) is 12.4 Å². The highest BCUT2D eigenvalue weighted by Gasteiger charge is 2.14. The van der Waals surface area contributed by atoms with Crippen LogP contribution in [0.3, 0.4) is 0 Å². The summed E-state index contributed by atoms with van der Waals surface area (Å²) >= 11 is 0. The molecule has 1 unspecified atom stereocenters. The second kappa shape index (κ2) is 7.56. The number of benzene rings is 2. The van der Waals surface area contributed by atoms with Gasteiger partial charge >= 0.3 is 5.97 Å². The maximum atomic E-state index is 12.2. The molecule has 0 radical (unpaired) electrons. The molecule has 2 aromatic rings. The molecule has 2 rings (SSSR count). The number of esters is 1. The minimum Gasteiger partial charge on any atom is -0.468 e. The van der Waals surface area contributed by atoms with Crippen molar-refractivity contribution in [1.82, 2.24) is 0 Å². The molecule has 23 heavy (non-hydrogen) atoms. The highest BCUT2D eigenvalue weighted by atomic mass is 16.5. The minimum atomic E-state index is -0.687. The molecule has 0 saturated heterocycles. The summed E-state index contributed by atoms with van der Waals surface area (Å²) in [6.45, 7) is 1.94. The fourth-order valence-electron chi connectivity index (χ4n) is 2.20. The van der Waals surface area contributed by atoms with Crippen molar-refractivity contribution in [2.24, 2.45) is 5.73 Å². The number of hydrogen-bond acceptors (Lipinski definition) is 4. The van der Waals surface area contributed by atoms with E-state index in [-0.39, 0.29) is 5.91 Å². The second-order valence-corrected chi connectivity index (χ2v) is 5.35. The fraction of sp³-hybridized carbons (Fsp3) is 0.222. The van der Waals surface area contributed by atoms with Crippen LogP contribution in [0, 0.1) is 6.92 Å². The molecule has 1 atom stereocenters. The number of aryl methyl sites for hydroxylation is 1. The molecule has 0 aliphatic carbocycles. The maximum absolute atomic E-state index is 12.2. The van der Waals surface area contributed by atoms with Gasteiger partial charge in [0.1, 0.15) is 6.04 Å². The third-order valence-corrected chi connectivity index (χ3v) is 3.45. The second-order valence-electron chi connectivity index (χ2n) is 5.35. The molecule has 0 bridgehead atoms. The number of nitrogens with one attached hydrogen (secondary N) is 1. The van der Waals surface area contributed by atoms with Crippen molar-refractivity contribution >= 4 is 17.6 Å². The number of carbonyl (C=O) groups is 2. The number of anilines is 1. The molecule has 0 aromatic heterocycles. The number of hydrogen-bond donors (Lipinski definition) is 2. The largest absolute Gasteiger partial charge is 0.468 e. The average molecular weight is 312 g/mol. The van der Waals surface area contributed by atoms with Gasteiger partial charge in [0.25, 0.3) is 5.91 Å². The molecular weight excluding hydrogens is 292 g/mol. The molecule has 0 fully saturated rings. The van der Waals surface area contributed by atoms with E-state index in [0.717, 1.165) is 11.1 Å². The van der Waals surface area contributed by atoms with Crippen LogP contribution in [0.1, 0.15) is 21.5 Å². The zero-order valence-corrected chi connectivity index (χ0v) is 13.2. The highest BCUT2D eigenvalue weighted by molar-refractivity contribution is 6.04. The number of methoxy groups -OCH3 is 1. The first kappa shape index (κ1) is 16.7. The van der Waals surface area contributed by atoms with Crippen LogP contribution in [-0.4, -0.2) is 25.0 Å². The van der Waals surface area contributed by atoms with Crippen LogP contribution >= 0.6 is 0 Å². The van der Waals surface area contributed by atoms with E-state index in [9.17, 15) is 9.59 Å². The zero-order valence-electron chi connectivity index (χ0n) is 13.2. The summed E-state index contributed by atoms with van der Waals surface area (Å²) < 4.78 is 4.60. The van der Waals surface area contributed by atoms with Crippen molar-refractivity contribution in [3.05, 3.63) is 65.2 Å². The Morgan fingerprint density at radius 1 is 1.17 bits per heavy atom. The summed E-state index contributed by atoms with van der Waals surface area (Å²) in [5.74, 6) is -0.602. The van der Waals surface area contributed by atoms with E-state index >= 15 is 0 Å². The quantitative estimate of drug-likeness (QED) is 0.830. The monoisotopic (exact) mass is 312 g/mol. The van der Waals surface area contributed by atoms with Gasteiger partial charge in [-0.1, -0.05) is 29.8 Å². The van der Waals surface area contributed by atoms with Gasteiger partial charge in [-0.15, -0.1) is 0 Å². The summed E-state index contributed by atoms with van der Waals surface area (Å²) in [4.78, 5) is 23.5. The van der Waals surface area contributed by atoms with Crippen molar-refractivity contribution in [3.63, 3.8) is 0 Å². The molecule has 3 N–H and O–H groups in total. The summed E-state index contributed by atoms with van der Waals surface area (Å²) in [5.41, 5.74) is 8.96. The normalized spacial score (nSPS) is 11.6. The Hall–Kier alpha value is -2.66. The fourth-order valence-corrected chi connectivity index (χ4v) is 2.20. The molecule has 0 aliphatic heterocycles. The van der Waals surface area contributed by atoms with Crippen LogP contribution in [0.25, 0.3) is 0 Å². The molecule has 5 heteroatoms. The number of ether oxygens (including phenoxy) is 1. The van der Waals surface area contributed by atoms with Crippen LogP contribution in [0.15, 0.2) is 48.5 Å². The summed E-state index contributed by atoms with van der Waals surface area (Å²) in [6, 6.07) is 13.9. The summed E-state index contributed by atoms with van der Waals surface area (Å²) in [6.07, 6.45) is 0.388. The Labute approximate surface area is 135 Å². The van der Waals surface area contributed by atoms with Gasteiger partial charge < -0.3 is 15.8 Å². The number of amides is 1. The van der Waals surface area contributed by atoms with Gasteiger partial charge in [0, 0.05) is 11.3 Å². The third kappa shape index (κ3) is 4.66. The van der Waals surface area contributed by atoms with Crippen LogP contribution in [0.5, 0.6) is 0 Å². The minimum absolute atomic E-state index is 0.160. The van der Waals surface area contributed by atoms with E-state index in [0.29, 0.717) is 17.7 Å². The SMILES string of the molecule is COC(=O)C(N)Cc1ccc(NC(=O)c2cccc(C)c2)cc1. The van der Waals surface area contributed by atoms with E-state index in [1.807, 2.05) is 37.3 Å². The molecule has 0 spiro atoms. The molecule has 0 heterocycles. The van der Waals surface area contributed by atoms with E-state index in [1.165, 1.54) is 7.11 Å². The van der Waals surface area contributed by atoms with Crippen molar-refractivity contribution < 1.29 is 14.3 Å². The van der Waals surface area contributed by atoms with Crippen molar-refractivity contribution in [1.29, 1.82) is 0 Å². The first-order valence-electron chi connectivity index (χ1n) is 7.30. The topological polar surface area (TPSA) is 81.4 Å². The van der Waals surface area contributed by atoms with Crippen molar-refractivity contribution in [2.45, 2.75) is 19.4 Å². The lowest BCUT2D eigenvalue weighted by molar-refractivity contribution is -0.142. The Morgan fingerprint density at radius 3 is 2.48 bits per heavy atom. The van der Waals surface area contributed by atoms with E-state index in [4.69, 9.17) is 5.73 Å². The van der Waals surface area contributed by atoms with Gasteiger partial charge in [-0.2, -0.15) is 0 Å². The number of rotatable bonds is 5. The predicted octanol–water partition coefficient (Wildman–Crippen LogP) is 2.29. The molecule has 1 amide bonds. The third-order valence-electron chi connectivity index (χ3n) is 3.45. The number of nitrogens with two attached hydrogens (primary N) is 1. The van der Waals surface area contributed by atoms with Crippen molar-refractivity contribution in [3.8, 4) is 0 Å². The average Bonchev–Trinajstić information content (AvgIpc) is 2.55. The van der Waals surface area contributed by atoms with E-state index < -0.39 is 12.0 Å². The van der Waals surface area contributed by atoms with Crippen LogP contribution in [-0.2, 0) is 16.0 Å². The summed E-state index contributed by atoms with van der Waals surface area (Å²) in [5, 5.41) is 2.84. The highest BCUT2D eigenvalue weighted by Crippen LogP contribution is 2.13. The first-order valence-corrected chi connectivity index (χ1v) is 7.30. The Bertz CT molecular complexity index is 696. The lowest BCUT2D eigenvalue weighted by Gasteiger charge is -2.10. The van der Waals surface area contributed by atoms with Gasteiger partial charge in [0.05, 0.1) is 7.11 Å². The molecular formula is C18H20N2O3. The van der Waals surface area contributed by atoms with Gasteiger partial charge in [0.2, 0.25) is 0 Å². The van der Waals surface area contributed by atoms with Gasteiger partial charge in [0.15, 0.2) is 0 Å². The number of carbonyl (C=O) groups excluding carboxylic acids is 2. The first-order chi connectivity index (χ1) is 11.0. The van der Waals surface area contributed by atoms with Gasteiger partial charge in [-0.05, 0) is 43.2 Å². The standard InChI is InChI=1S/C18H20N2O3/c1-12-4-3-5-14(10-12)17(21)20-15-8-6-13(7-9-15)11-16(19)18(22)23-2/h3-10,16H,11,19H2,1-2H3,(H,20,21). The zero-order chi connectivity index (χ0) is 16.8.